The van der Waals surface area contributed by atoms with Gasteiger partial charge in [0.15, 0.2) is 0 Å². The number of para-hydroxylation sites is 1. The Labute approximate surface area is 173 Å². The van der Waals surface area contributed by atoms with Crippen LogP contribution in [0.25, 0.3) is 0 Å². The summed E-state index contributed by atoms with van der Waals surface area (Å²) in [4.78, 5) is 26.7. The molecule has 1 aliphatic rings. The van der Waals surface area contributed by atoms with Gasteiger partial charge in [-0.15, -0.1) is 0 Å². The van der Waals surface area contributed by atoms with E-state index >= 15 is 0 Å². The van der Waals surface area contributed by atoms with Crippen LogP contribution in [0.2, 0.25) is 0 Å². The van der Waals surface area contributed by atoms with Crippen molar-refractivity contribution in [1.29, 1.82) is 0 Å². The lowest BCUT2D eigenvalue weighted by atomic mass is 10.1. The number of amides is 2. The van der Waals surface area contributed by atoms with Crippen LogP contribution in [0.15, 0.2) is 42.5 Å². The van der Waals surface area contributed by atoms with Gasteiger partial charge in [0.05, 0.1) is 0 Å². The van der Waals surface area contributed by atoms with E-state index in [4.69, 9.17) is 0 Å². The summed E-state index contributed by atoms with van der Waals surface area (Å²) in [5.74, 6) is -1.21. The van der Waals surface area contributed by atoms with Crippen LogP contribution in [-0.2, 0) is 16.0 Å². The van der Waals surface area contributed by atoms with Gasteiger partial charge in [-0.3, -0.25) is 9.59 Å². The van der Waals surface area contributed by atoms with Crippen LogP contribution in [-0.4, -0.2) is 31.4 Å². The van der Waals surface area contributed by atoms with Gasteiger partial charge in [0.2, 0.25) is 0 Å². The van der Waals surface area contributed by atoms with E-state index in [0.717, 1.165) is 37.1 Å². The second-order valence-corrected chi connectivity index (χ2v) is 7.79. The number of rotatable bonds is 6. The topological polar surface area (TPSA) is 61.4 Å². The number of aryl methyl sites for hydroxylation is 3. The average molecular weight is 394 g/mol. The van der Waals surface area contributed by atoms with Crippen LogP contribution in [0.3, 0.4) is 0 Å². The van der Waals surface area contributed by atoms with Crippen LogP contribution in [0.5, 0.6) is 0 Å². The lowest BCUT2D eigenvalue weighted by Gasteiger charge is -2.28. The third kappa shape index (κ3) is 5.83. The zero-order chi connectivity index (χ0) is 20.6. The predicted octanol–water partition coefficient (Wildman–Crippen LogP) is 3.98. The molecule has 1 fully saturated rings. The fourth-order valence-electron chi connectivity index (χ4n) is 3.78. The van der Waals surface area contributed by atoms with Crippen molar-refractivity contribution in [3.63, 3.8) is 0 Å². The third-order valence-corrected chi connectivity index (χ3v) is 5.51. The van der Waals surface area contributed by atoms with Crippen LogP contribution in [0.1, 0.15) is 42.4 Å². The standard InChI is InChI=1S/C24H31N3O2/c1-18-8-6-9-19(2)22(18)26-24(29)23(28)25-15-7-10-20-11-13-21(14-12-20)27-16-4-3-5-17-27/h6,8-9,11-14H,3-5,7,10,15-17H2,1-2H3,(H,25,28)(H,26,29). The van der Waals surface area contributed by atoms with Gasteiger partial charge in [0, 0.05) is 31.0 Å². The predicted molar refractivity (Wildman–Crippen MR) is 118 cm³/mol. The first-order chi connectivity index (χ1) is 14.0. The Balaban J connectivity index is 1.40. The smallest absolute Gasteiger partial charge is 0.313 e. The Morgan fingerprint density at radius 1 is 0.897 bits per heavy atom. The second kappa shape index (κ2) is 10.1. The molecule has 0 saturated carbocycles. The number of nitrogens with zero attached hydrogens (tertiary/aromatic N) is 1. The molecule has 0 bridgehead atoms. The third-order valence-electron chi connectivity index (χ3n) is 5.51. The second-order valence-electron chi connectivity index (χ2n) is 7.79. The number of benzene rings is 2. The Morgan fingerprint density at radius 2 is 1.55 bits per heavy atom. The van der Waals surface area contributed by atoms with E-state index in [1.165, 1.54) is 30.5 Å². The molecule has 0 aromatic heterocycles. The van der Waals surface area contributed by atoms with E-state index in [1.807, 2.05) is 32.0 Å². The molecule has 2 amide bonds. The normalized spacial score (nSPS) is 13.8. The lowest BCUT2D eigenvalue weighted by Crippen LogP contribution is -2.36. The number of nitrogens with one attached hydrogen (secondary N) is 2. The van der Waals surface area contributed by atoms with E-state index in [2.05, 4.69) is 39.8 Å². The summed E-state index contributed by atoms with van der Waals surface area (Å²) in [5, 5.41) is 5.43. The highest BCUT2D eigenvalue weighted by Crippen LogP contribution is 2.21. The van der Waals surface area contributed by atoms with Gasteiger partial charge in [-0.05, 0) is 74.8 Å². The Morgan fingerprint density at radius 3 is 2.21 bits per heavy atom. The summed E-state index contributed by atoms with van der Waals surface area (Å²) in [6.45, 7) is 6.60. The van der Waals surface area contributed by atoms with Crippen molar-refractivity contribution in [3.8, 4) is 0 Å². The maximum absolute atomic E-state index is 12.1. The van der Waals surface area contributed by atoms with E-state index in [-0.39, 0.29) is 0 Å². The first kappa shape index (κ1) is 20.9. The van der Waals surface area contributed by atoms with Gasteiger partial charge in [-0.25, -0.2) is 0 Å². The molecule has 3 rings (SSSR count). The monoisotopic (exact) mass is 393 g/mol. The molecule has 1 saturated heterocycles. The fourth-order valence-corrected chi connectivity index (χ4v) is 3.78. The zero-order valence-electron chi connectivity index (χ0n) is 17.5. The molecule has 1 heterocycles. The molecule has 154 valence electrons. The van der Waals surface area contributed by atoms with Gasteiger partial charge in [-0.2, -0.15) is 0 Å². The maximum Gasteiger partial charge on any atom is 0.313 e. The zero-order valence-corrected chi connectivity index (χ0v) is 17.5. The van der Waals surface area contributed by atoms with Crippen LogP contribution in [0.4, 0.5) is 11.4 Å². The van der Waals surface area contributed by atoms with E-state index in [9.17, 15) is 9.59 Å². The first-order valence-electron chi connectivity index (χ1n) is 10.5. The summed E-state index contributed by atoms with van der Waals surface area (Å²) in [6, 6.07) is 14.5. The Hall–Kier alpha value is -2.82. The molecule has 29 heavy (non-hydrogen) atoms. The molecular formula is C24H31N3O2. The maximum atomic E-state index is 12.1. The van der Waals surface area contributed by atoms with Crippen molar-refractivity contribution in [2.24, 2.45) is 0 Å². The number of carbonyl (C=O) groups excluding carboxylic acids is 2. The molecule has 2 N–H and O–H groups in total. The molecule has 0 atom stereocenters. The number of piperidine rings is 1. The molecule has 5 nitrogen and oxygen atoms in total. The minimum Gasteiger partial charge on any atom is -0.372 e. The molecule has 0 radical (unpaired) electrons. The Bertz CT molecular complexity index is 819. The Kier molecular flexibility index (Phi) is 7.28. The molecular weight excluding hydrogens is 362 g/mol. The largest absolute Gasteiger partial charge is 0.372 e. The van der Waals surface area contributed by atoms with Crippen molar-refractivity contribution in [3.05, 3.63) is 59.2 Å². The highest BCUT2D eigenvalue weighted by Gasteiger charge is 2.15. The fraction of sp³-hybridized carbons (Fsp3) is 0.417. The number of anilines is 2. The molecule has 0 aliphatic carbocycles. The minimum absolute atomic E-state index is 0.479. The molecule has 5 heteroatoms. The van der Waals surface area contributed by atoms with E-state index in [1.54, 1.807) is 0 Å². The van der Waals surface area contributed by atoms with E-state index < -0.39 is 11.8 Å². The van der Waals surface area contributed by atoms with Crippen molar-refractivity contribution < 1.29 is 9.59 Å². The summed E-state index contributed by atoms with van der Waals surface area (Å²) in [6.07, 6.45) is 5.56. The summed E-state index contributed by atoms with van der Waals surface area (Å²) in [7, 11) is 0. The lowest BCUT2D eigenvalue weighted by molar-refractivity contribution is -0.136. The first-order valence-corrected chi connectivity index (χ1v) is 10.5. The molecule has 2 aromatic carbocycles. The summed E-state index contributed by atoms with van der Waals surface area (Å²) in [5.41, 5.74) is 5.14. The van der Waals surface area contributed by atoms with Crippen molar-refractivity contribution in [1.82, 2.24) is 5.32 Å². The van der Waals surface area contributed by atoms with E-state index in [0.29, 0.717) is 12.2 Å². The highest BCUT2D eigenvalue weighted by molar-refractivity contribution is 6.39. The SMILES string of the molecule is Cc1cccc(C)c1NC(=O)C(=O)NCCCc1ccc(N2CCCCC2)cc1. The van der Waals surface area contributed by atoms with Gasteiger partial charge >= 0.3 is 11.8 Å². The average Bonchev–Trinajstić information content (AvgIpc) is 2.74. The number of hydrogen-bond acceptors (Lipinski definition) is 3. The van der Waals surface area contributed by atoms with Gasteiger partial charge < -0.3 is 15.5 Å². The molecule has 0 unspecified atom stereocenters. The van der Waals surface area contributed by atoms with Crippen molar-refractivity contribution in [2.45, 2.75) is 46.0 Å². The van der Waals surface area contributed by atoms with Gasteiger partial charge in [0.1, 0.15) is 0 Å². The van der Waals surface area contributed by atoms with Crippen LogP contribution >= 0.6 is 0 Å². The number of hydrogen-bond donors (Lipinski definition) is 2. The molecule has 2 aromatic rings. The van der Waals surface area contributed by atoms with Crippen molar-refractivity contribution in [2.75, 3.05) is 29.9 Å². The van der Waals surface area contributed by atoms with Gasteiger partial charge in [0.25, 0.3) is 0 Å². The van der Waals surface area contributed by atoms with Crippen LogP contribution < -0.4 is 15.5 Å². The molecule has 1 aliphatic heterocycles. The number of carbonyl (C=O) groups is 2. The summed E-state index contributed by atoms with van der Waals surface area (Å²) >= 11 is 0. The minimum atomic E-state index is -0.617. The quantitative estimate of drug-likeness (QED) is 0.576. The summed E-state index contributed by atoms with van der Waals surface area (Å²) < 4.78 is 0. The molecule has 0 spiro atoms. The van der Waals surface area contributed by atoms with Crippen LogP contribution in [0, 0.1) is 13.8 Å². The highest BCUT2D eigenvalue weighted by atomic mass is 16.2. The van der Waals surface area contributed by atoms with Gasteiger partial charge in [-0.1, -0.05) is 30.3 Å². The van der Waals surface area contributed by atoms with Crippen molar-refractivity contribution >= 4 is 23.2 Å².